The molecule has 0 fully saturated rings. The highest BCUT2D eigenvalue weighted by Gasteiger charge is 2.30. The Morgan fingerprint density at radius 1 is 1.18 bits per heavy atom. The number of furan rings is 1. The molecular formula is C13H9F3N2O4. The fraction of sp³-hybridized carbons (Fsp3) is 0.0769. The first-order valence-electron chi connectivity index (χ1n) is 5.80. The van der Waals surface area contributed by atoms with Crippen LogP contribution in [0.15, 0.2) is 41.0 Å². The molecule has 2 rings (SSSR count). The average molecular weight is 314 g/mol. The Balaban J connectivity index is 2.03. The number of carbonyl (C=O) groups excluding carboxylic acids is 2. The van der Waals surface area contributed by atoms with Crippen LogP contribution in [-0.4, -0.2) is 18.2 Å². The van der Waals surface area contributed by atoms with E-state index in [0.29, 0.717) is 0 Å². The summed E-state index contributed by atoms with van der Waals surface area (Å²) in [5.41, 5.74) is 5.26. The van der Waals surface area contributed by atoms with Gasteiger partial charge in [0.05, 0.1) is 5.56 Å². The van der Waals surface area contributed by atoms with Crippen LogP contribution in [0.3, 0.4) is 0 Å². The second-order valence-electron chi connectivity index (χ2n) is 4.09. The van der Waals surface area contributed by atoms with Gasteiger partial charge in [-0.25, -0.2) is 0 Å². The van der Waals surface area contributed by atoms with Gasteiger partial charge in [0.1, 0.15) is 12.0 Å². The van der Waals surface area contributed by atoms with Gasteiger partial charge in [-0.1, -0.05) is 0 Å². The zero-order valence-electron chi connectivity index (χ0n) is 10.8. The lowest BCUT2D eigenvalue weighted by molar-refractivity contribution is -0.274. The number of alkyl halides is 3. The number of hydrogen-bond donors (Lipinski definition) is 2. The number of hydrogen-bond acceptors (Lipinski definition) is 4. The minimum Gasteiger partial charge on any atom is -0.458 e. The van der Waals surface area contributed by atoms with Crippen LogP contribution in [0.2, 0.25) is 0 Å². The molecule has 0 bridgehead atoms. The molecule has 0 saturated heterocycles. The van der Waals surface area contributed by atoms with Crippen LogP contribution in [0.5, 0.6) is 5.75 Å². The van der Waals surface area contributed by atoms with E-state index in [0.717, 1.165) is 24.5 Å². The monoisotopic (exact) mass is 314 g/mol. The first-order valence-corrected chi connectivity index (χ1v) is 5.80. The molecule has 1 aromatic carbocycles. The predicted molar refractivity (Wildman–Crippen MR) is 68.3 cm³/mol. The molecule has 0 atom stereocenters. The summed E-state index contributed by atoms with van der Waals surface area (Å²) in [6, 6.07) is 5.67. The van der Waals surface area contributed by atoms with Crippen molar-refractivity contribution in [3.05, 3.63) is 47.9 Å². The second kappa shape index (κ2) is 5.80. The van der Waals surface area contributed by atoms with Gasteiger partial charge in [-0.05, 0) is 24.3 Å². The largest absolute Gasteiger partial charge is 0.573 e. The van der Waals surface area contributed by atoms with Crippen molar-refractivity contribution in [1.29, 1.82) is 0 Å². The third-order valence-electron chi connectivity index (χ3n) is 2.45. The van der Waals surface area contributed by atoms with Crippen LogP contribution in [0.4, 0.5) is 18.9 Å². The highest BCUT2D eigenvalue weighted by Crippen LogP contribution is 2.24. The van der Waals surface area contributed by atoms with Gasteiger partial charge in [-0.15, -0.1) is 13.2 Å². The quantitative estimate of drug-likeness (QED) is 0.906. The minimum atomic E-state index is -4.79. The van der Waals surface area contributed by atoms with Crippen molar-refractivity contribution in [3.8, 4) is 5.75 Å². The van der Waals surface area contributed by atoms with Crippen LogP contribution < -0.4 is 15.8 Å². The van der Waals surface area contributed by atoms with Crippen LogP contribution in [0.25, 0.3) is 0 Å². The highest BCUT2D eigenvalue weighted by atomic mass is 19.4. The first kappa shape index (κ1) is 15.4. The first-order chi connectivity index (χ1) is 10.2. The van der Waals surface area contributed by atoms with Crippen LogP contribution in [0, 0.1) is 0 Å². The molecule has 22 heavy (non-hydrogen) atoms. The number of carbonyl (C=O) groups is 2. The highest BCUT2D eigenvalue weighted by molar-refractivity contribution is 6.04. The fourth-order valence-electron chi connectivity index (χ4n) is 1.52. The molecule has 2 aromatic rings. The van der Waals surface area contributed by atoms with E-state index in [9.17, 15) is 22.8 Å². The van der Waals surface area contributed by atoms with Crippen molar-refractivity contribution >= 4 is 17.5 Å². The Bertz CT molecular complexity index is 692. The number of rotatable bonds is 4. The lowest BCUT2D eigenvalue weighted by Crippen LogP contribution is -2.17. The number of benzene rings is 1. The summed E-state index contributed by atoms with van der Waals surface area (Å²) in [5, 5.41) is 2.38. The summed E-state index contributed by atoms with van der Waals surface area (Å²) in [4.78, 5) is 22.7. The molecule has 1 aromatic heterocycles. The topological polar surface area (TPSA) is 94.6 Å². The molecule has 0 aliphatic rings. The molecule has 1 heterocycles. The van der Waals surface area contributed by atoms with E-state index < -0.39 is 23.9 Å². The number of nitrogens with one attached hydrogen (secondary N) is 1. The molecule has 0 unspecified atom stereocenters. The van der Waals surface area contributed by atoms with Gasteiger partial charge in [-0.3, -0.25) is 9.59 Å². The molecule has 6 nitrogen and oxygen atoms in total. The maximum absolute atomic E-state index is 12.0. The Labute approximate surface area is 121 Å². The van der Waals surface area contributed by atoms with E-state index in [4.69, 9.17) is 10.2 Å². The number of nitrogens with two attached hydrogens (primary N) is 1. The van der Waals surface area contributed by atoms with Gasteiger partial charge in [-0.2, -0.15) is 0 Å². The minimum absolute atomic E-state index is 0.0269. The molecule has 2 amide bonds. The Morgan fingerprint density at radius 3 is 2.32 bits per heavy atom. The van der Waals surface area contributed by atoms with Crippen molar-refractivity contribution in [2.75, 3.05) is 5.32 Å². The molecule has 0 aliphatic carbocycles. The molecule has 0 spiro atoms. The smallest absolute Gasteiger partial charge is 0.458 e. The number of amides is 2. The van der Waals surface area contributed by atoms with Crippen LogP contribution in [0.1, 0.15) is 20.9 Å². The van der Waals surface area contributed by atoms with E-state index in [1.807, 2.05) is 0 Å². The van der Waals surface area contributed by atoms with Crippen molar-refractivity contribution in [2.45, 2.75) is 6.36 Å². The van der Waals surface area contributed by atoms with Gasteiger partial charge in [0.2, 0.25) is 0 Å². The molecule has 9 heteroatoms. The van der Waals surface area contributed by atoms with E-state index in [1.165, 1.54) is 12.1 Å². The van der Waals surface area contributed by atoms with E-state index in [-0.39, 0.29) is 17.0 Å². The Hall–Kier alpha value is -2.97. The summed E-state index contributed by atoms with van der Waals surface area (Å²) < 4.78 is 44.6. The van der Waals surface area contributed by atoms with E-state index >= 15 is 0 Å². The van der Waals surface area contributed by atoms with Gasteiger partial charge in [0.15, 0.2) is 5.76 Å². The molecule has 0 saturated carbocycles. The maximum Gasteiger partial charge on any atom is 0.573 e. The summed E-state index contributed by atoms with van der Waals surface area (Å²) in [5.74, 6) is -2.02. The zero-order chi connectivity index (χ0) is 16.3. The number of halogens is 3. The molecule has 0 radical (unpaired) electrons. The summed E-state index contributed by atoms with van der Waals surface area (Å²) in [7, 11) is 0. The second-order valence-corrected chi connectivity index (χ2v) is 4.09. The molecule has 3 N–H and O–H groups in total. The standard InChI is InChI=1S/C13H9F3N2O4/c14-13(15,16)22-9-3-1-8(2-4-9)18-12(20)10-5-7(6-21-10)11(17)19/h1-6H,(H2,17,19)(H,18,20). The number of anilines is 1. The SMILES string of the molecule is NC(=O)c1coc(C(=O)Nc2ccc(OC(F)(F)F)cc2)c1. The summed E-state index contributed by atoms with van der Waals surface area (Å²) in [6.07, 6.45) is -3.76. The normalized spacial score (nSPS) is 11.0. The van der Waals surface area contributed by atoms with E-state index in [2.05, 4.69) is 10.1 Å². The summed E-state index contributed by atoms with van der Waals surface area (Å²) >= 11 is 0. The number of primary amides is 1. The average Bonchev–Trinajstić information content (AvgIpc) is 2.89. The molecule has 116 valence electrons. The van der Waals surface area contributed by atoms with Crippen molar-refractivity contribution in [2.24, 2.45) is 5.73 Å². The van der Waals surface area contributed by atoms with Crippen molar-refractivity contribution < 1.29 is 31.9 Å². The third-order valence-corrected chi connectivity index (χ3v) is 2.45. The maximum atomic E-state index is 12.0. The van der Waals surface area contributed by atoms with E-state index in [1.54, 1.807) is 0 Å². The Kier molecular flexibility index (Phi) is 4.06. The third kappa shape index (κ3) is 4.01. The predicted octanol–water partition coefficient (Wildman–Crippen LogP) is 2.53. The van der Waals surface area contributed by atoms with Crippen molar-refractivity contribution in [1.82, 2.24) is 0 Å². The lowest BCUT2D eigenvalue weighted by atomic mass is 10.2. The van der Waals surface area contributed by atoms with Gasteiger partial charge >= 0.3 is 6.36 Å². The van der Waals surface area contributed by atoms with Crippen LogP contribution >= 0.6 is 0 Å². The van der Waals surface area contributed by atoms with Gasteiger partial charge in [0, 0.05) is 11.8 Å². The fourth-order valence-corrected chi connectivity index (χ4v) is 1.52. The molecule has 0 aliphatic heterocycles. The van der Waals surface area contributed by atoms with Gasteiger partial charge < -0.3 is 20.2 Å². The zero-order valence-corrected chi connectivity index (χ0v) is 10.8. The number of ether oxygens (including phenoxy) is 1. The summed E-state index contributed by atoms with van der Waals surface area (Å²) in [6.45, 7) is 0. The van der Waals surface area contributed by atoms with Crippen molar-refractivity contribution in [3.63, 3.8) is 0 Å². The van der Waals surface area contributed by atoms with Crippen LogP contribution in [-0.2, 0) is 0 Å². The van der Waals surface area contributed by atoms with Gasteiger partial charge in [0.25, 0.3) is 11.8 Å². The lowest BCUT2D eigenvalue weighted by Gasteiger charge is -2.09. The molecular weight excluding hydrogens is 305 g/mol. The Morgan fingerprint density at radius 2 is 1.82 bits per heavy atom.